The number of rotatable bonds is 1. The number of aliphatic hydroxyl groups excluding tert-OH is 3. The van der Waals surface area contributed by atoms with Gasteiger partial charge in [-0.2, -0.15) is 0 Å². The van der Waals surface area contributed by atoms with Gasteiger partial charge in [0.15, 0.2) is 11.6 Å². The summed E-state index contributed by atoms with van der Waals surface area (Å²) in [5.74, 6) is -5.08. The van der Waals surface area contributed by atoms with Crippen LogP contribution in [0.1, 0.15) is 35.1 Å². The van der Waals surface area contributed by atoms with Crippen LogP contribution in [-0.2, 0) is 15.0 Å². The maximum Gasteiger partial charge on any atom is 0.190 e. The lowest BCUT2D eigenvalue weighted by Crippen LogP contribution is -2.37. The first-order chi connectivity index (χ1) is 19.1. The van der Waals surface area contributed by atoms with Crippen molar-refractivity contribution >= 4 is 23.1 Å². The zero-order valence-electron chi connectivity index (χ0n) is 20.6. The Balaban J connectivity index is 1.64. The number of hydrogen-bond donors (Lipinski definition) is 7. The van der Waals surface area contributed by atoms with E-state index in [1.54, 1.807) is 6.92 Å². The monoisotopic (exact) mass is 534 g/mol. The number of phenols is 4. The third kappa shape index (κ3) is 1.85. The van der Waals surface area contributed by atoms with Crippen LogP contribution in [0.3, 0.4) is 0 Å². The number of carbonyl (C=O) groups excluding carboxylic acids is 2. The van der Waals surface area contributed by atoms with Crippen molar-refractivity contribution in [3.8, 4) is 34.1 Å². The van der Waals surface area contributed by atoms with Crippen LogP contribution in [0.15, 0.2) is 68.9 Å². The molecule has 0 radical (unpaired) electrons. The van der Waals surface area contributed by atoms with Crippen LogP contribution in [0.4, 0.5) is 0 Å². The number of phenolic OH excluding ortho intramolecular Hbond substituents is 4. The molecule has 2 aromatic rings. The van der Waals surface area contributed by atoms with E-state index in [0.29, 0.717) is 33.4 Å². The number of fused-ring (bicyclic) bond motifs is 2. The smallest absolute Gasteiger partial charge is 0.190 e. The predicted octanol–water partition coefficient (Wildman–Crippen LogP) is 3.34. The van der Waals surface area contributed by atoms with Crippen molar-refractivity contribution in [1.82, 2.24) is 0 Å². The highest BCUT2D eigenvalue weighted by atomic mass is 16.3. The van der Waals surface area contributed by atoms with Crippen molar-refractivity contribution in [3.63, 3.8) is 0 Å². The summed E-state index contributed by atoms with van der Waals surface area (Å²) in [7, 11) is 0. The Labute approximate surface area is 224 Å². The zero-order chi connectivity index (χ0) is 27.9. The zero-order valence-corrected chi connectivity index (χ0v) is 20.6. The summed E-state index contributed by atoms with van der Waals surface area (Å²) >= 11 is 0. The molecule has 7 N–H and O–H groups in total. The van der Waals surface area contributed by atoms with Gasteiger partial charge in [-0.25, -0.2) is 0 Å². The van der Waals surface area contributed by atoms with E-state index in [0.717, 1.165) is 12.1 Å². The first-order valence-corrected chi connectivity index (χ1v) is 12.7. The normalized spacial score (nSPS) is 27.6. The van der Waals surface area contributed by atoms with E-state index >= 15 is 0 Å². The molecule has 0 amide bonds. The van der Waals surface area contributed by atoms with Crippen LogP contribution in [-0.4, -0.2) is 53.9 Å². The third-order valence-electron chi connectivity index (χ3n) is 9.78. The van der Waals surface area contributed by atoms with E-state index in [1.165, 1.54) is 12.2 Å². The van der Waals surface area contributed by atoms with Crippen LogP contribution in [0.25, 0.3) is 22.6 Å². The van der Waals surface area contributed by atoms with Gasteiger partial charge in [-0.3, -0.25) is 9.59 Å². The molecule has 0 aliphatic heterocycles. The van der Waals surface area contributed by atoms with E-state index in [1.807, 2.05) is 0 Å². The number of ketones is 2. The van der Waals surface area contributed by atoms with Gasteiger partial charge in [0.05, 0.1) is 28.9 Å². The second kappa shape index (κ2) is 6.08. The summed E-state index contributed by atoms with van der Waals surface area (Å²) in [4.78, 5) is 27.1. The van der Waals surface area contributed by atoms with Crippen LogP contribution >= 0.6 is 0 Å². The Kier molecular flexibility index (Phi) is 3.32. The summed E-state index contributed by atoms with van der Waals surface area (Å²) in [6.45, 7) is 1.19. The molecule has 3 unspecified atom stereocenters. The lowest BCUT2D eigenvalue weighted by molar-refractivity contribution is -0.112. The van der Waals surface area contributed by atoms with Gasteiger partial charge < -0.3 is 35.7 Å². The molecule has 9 heteroatoms. The highest BCUT2D eigenvalue weighted by molar-refractivity contribution is 6.22. The standard InChI is InChI=1S/C31H18O9/c1-7-2-9(33)19-23-15(7)16-8(6-32)3-10(34)21-25(16)31-26-18(12(36)5-14(38)22(26)30(21)40)17-11(35)4-13(37)20(29(19)39)24(17)28(31)27(23)31/h2-5,27-28,32,35-40H,6H2,1H3. The number of aliphatic hydroxyl groups is 3. The van der Waals surface area contributed by atoms with E-state index in [4.69, 9.17) is 0 Å². The van der Waals surface area contributed by atoms with Crippen LogP contribution in [0.2, 0.25) is 0 Å². The number of carbonyl (C=O) groups is 2. The third-order valence-corrected chi connectivity index (χ3v) is 9.78. The van der Waals surface area contributed by atoms with Gasteiger partial charge >= 0.3 is 0 Å². The van der Waals surface area contributed by atoms with Crippen molar-refractivity contribution < 1.29 is 45.3 Å². The topological polar surface area (TPSA) is 176 Å². The lowest BCUT2D eigenvalue weighted by atomic mass is 9.58. The van der Waals surface area contributed by atoms with E-state index in [-0.39, 0.29) is 44.5 Å². The quantitative estimate of drug-likeness (QED) is 0.289. The number of benzene rings is 2. The molecular formula is C31H18O9. The molecular weight excluding hydrogens is 516 g/mol. The highest BCUT2D eigenvalue weighted by Gasteiger charge is 2.79. The Hall–Kier alpha value is -5.02. The van der Waals surface area contributed by atoms with Crippen LogP contribution < -0.4 is 0 Å². The minimum absolute atomic E-state index is 0.0337. The van der Waals surface area contributed by atoms with E-state index in [2.05, 4.69) is 0 Å². The minimum atomic E-state index is -1.22. The maximum atomic E-state index is 13.6. The van der Waals surface area contributed by atoms with E-state index in [9.17, 15) is 45.3 Å². The number of hydrogen-bond acceptors (Lipinski definition) is 9. The minimum Gasteiger partial charge on any atom is -0.507 e. The number of aromatic hydroxyl groups is 4. The molecule has 40 heavy (non-hydrogen) atoms. The average Bonchev–Trinajstić information content (AvgIpc) is 3.60. The second-order valence-electron chi connectivity index (χ2n) is 11.3. The summed E-state index contributed by atoms with van der Waals surface area (Å²) in [6.07, 6.45) is 2.58. The van der Waals surface area contributed by atoms with Gasteiger partial charge in [0, 0.05) is 40.5 Å². The summed E-state index contributed by atoms with van der Waals surface area (Å²) in [5, 5.41) is 78.2. The summed E-state index contributed by atoms with van der Waals surface area (Å²) in [6, 6.07) is 2.04. The predicted molar refractivity (Wildman–Crippen MR) is 139 cm³/mol. The molecule has 7 aliphatic rings. The van der Waals surface area contributed by atoms with Gasteiger partial charge in [-0.1, -0.05) is 0 Å². The van der Waals surface area contributed by atoms with Crippen molar-refractivity contribution in [2.45, 2.75) is 18.3 Å². The van der Waals surface area contributed by atoms with Crippen molar-refractivity contribution in [2.24, 2.45) is 5.92 Å². The van der Waals surface area contributed by atoms with Crippen molar-refractivity contribution in [3.05, 3.63) is 91.1 Å². The maximum absolute atomic E-state index is 13.6. The van der Waals surface area contributed by atoms with Crippen LogP contribution in [0.5, 0.6) is 23.0 Å². The van der Waals surface area contributed by atoms with Crippen LogP contribution in [0, 0.1) is 5.92 Å². The highest BCUT2D eigenvalue weighted by Crippen LogP contribution is 2.85. The van der Waals surface area contributed by atoms with Gasteiger partial charge in [0.2, 0.25) is 0 Å². The first kappa shape index (κ1) is 21.9. The Bertz CT molecular complexity index is 2040. The number of allylic oxidation sites excluding steroid dienone is 8. The molecule has 0 aromatic heterocycles. The van der Waals surface area contributed by atoms with Gasteiger partial charge in [-0.15, -0.1) is 0 Å². The summed E-state index contributed by atoms with van der Waals surface area (Å²) < 4.78 is 0. The molecule has 7 aliphatic carbocycles. The first-order valence-electron chi connectivity index (χ1n) is 12.7. The second-order valence-corrected chi connectivity index (χ2v) is 11.3. The average molecular weight is 534 g/mol. The Morgan fingerprint density at radius 3 is 2.00 bits per heavy atom. The van der Waals surface area contributed by atoms with Crippen molar-refractivity contribution in [1.29, 1.82) is 0 Å². The Morgan fingerprint density at radius 2 is 1.30 bits per heavy atom. The largest absolute Gasteiger partial charge is 0.507 e. The fourth-order valence-corrected chi connectivity index (χ4v) is 8.70. The molecule has 0 bridgehead atoms. The van der Waals surface area contributed by atoms with Crippen molar-refractivity contribution in [2.75, 3.05) is 6.61 Å². The molecule has 1 saturated carbocycles. The fraction of sp³-hybridized carbons (Fsp3) is 0.161. The fourth-order valence-electron chi connectivity index (χ4n) is 8.70. The summed E-state index contributed by atoms with van der Waals surface area (Å²) in [5.41, 5.74) is 1.96. The molecule has 1 fully saturated rings. The molecule has 3 atom stereocenters. The lowest BCUT2D eigenvalue weighted by Gasteiger charge is -2.44. The van der Waals surface area contributed by atoms with Gasteiger partial charge in [-0.05, 0) is 63.6 Å². The molecule has 9 rings (SSSR count). The molecule has 1 spiro atoms. The van der Waals surface area contributed by atoms with E-state index < -0.39 is 69.9 Å². The molecule has 196 valence electrons. The molecule has 0 saturated heterocycles. The van der Waals surface area contributed by atoms with Gasteiger partial charge in [0.1, 0.15) is 34.5 Å². The Morgan fingerprint density at radius 1 is 0.700 bits per heavy atom. The molecule has 9 nitrogen and oxygen atoms in total. The molecule has 0 heterocycles. The van der Waals surface area contributed by atoms with Gasteiger partial charge in [0.25, 0.3) is 0 Å². The SMILES string of the molecule is CC1=CC(=O)C2=C(O)c3c(O)cc(O)c4c3C3C5C2=C1C1=C2C(=C(O)c6c(O)cc(O)c-4c6C253)C(=O)C=C1CO. The molecule has 2 aromatic carbocycles.